The molecule has 1 fully saturated rings. The average molecular weight is 433 g/mol. The summed E-state index contributed by atoms with van der Waals surface area (Å²) in [6, 6.07) is 17.9. The van der Waals surface area contributed by atoms with E-state index in [9.17, 15) is 9.59 Å². The van der Waals surface area contributed by atoms with Gasteiger partial charge in [-0.05, 0) is 37.5 Å². The number of nitrogens with zero attached hydrogens (tertiary/aromatic N) is 2. The molecule has 0 spiro atoms. The van der Waals surface area contributed by atoms with Crippen molar-refractivity contribution < 1.29 is 9.59 Å². The highest BCUT2D eigenvalue weighted by Crippen LogP contribution is 2.46. The second kappa shape index (κ2) is 6.93. The zero-order chi connectivity index (χ0) is 21.0. The summed E-state index contributed by atoms with van der Waals surface area (Å²) in [6.07, 6.45) is 2.64. The van der Waals surface area contributed by atoms with Gasteiger partial charge in [0.1, 0.15) is 4.32 Å². The summed E-state index contributed by atoms with van der Waals surface area (Å²) in [5.74, 6) is -0.315. The Bertz CT molecular complexity index is 1160. The first-order valence-electron chi connectivity index (χ1n) is 9.83. The Hall–Kier alpha value is -2.70. The highest BCUT2D eigenvalue weighted by atomic mass is 32.2. The van der Waals surface area contributed by atoms with Crippen molar-refractivity contribution in [2.75, 3.05) is 0 Å². The first-order chi connectivity index (χ1) is 14.4. The summed E-state index contributed by atoms with van der Waals surface area (Å²) in [6.45, 7) is 4.54. The van der Waals surface area contributed by atoms with E-state index in [0.717, 1.165) is 23.2 Å². The van der Waals surface area contributed by atoms with Crippen LogP contribution in [0, 0.1) is 0 Å². The van der Waals surface area contributed by atoms with Crippen LogP contribution in [0.25, 0.3) is 5.70 Å². The molecule has 0 atom stereocenters. The Balaban J connectivity index is 1.56. The monoisotopic (exact) mass is 432 g/mol. The van der Waals surface area contributed by atoms with Crippen LogP contribution in [0.2, 0.25) is 0 Å². The minimum Gasteiger partial charge on any atom is -0.302 e. The van der Waals surface area contributed by atoms with E-state index in [4.69, 9.17) is 12.2 Å². The van der Waals surface area contributed by atoms with Crippen LogP contribution in [0.15, 0.2) is 71.2 Å². The Morgan fingerprint density at radius 2 is 1.70 bits per heavy atom. The highest BCUT2D eigenvalue weighted by molar-refractivity contribution is 8.26. The van der Waals surface area contributed by atoms with E-state index in [-0.39, 0.29) is 17.4 Å². The van der Waals surface area contributed by atoms with E-state index in [1.165, 1.54) is 17.3 Å². The number of thioether (sulfide) groups is 1. The molecule has 0 N–H and O–H groups in total. The van der Waals surface area contributed by atoms with Gasteiger partial charge in [0.25, 0.3) is 11.8 Å². The molecule has 0 unspecified atom stereocenters. The summed E-state index contributed by atoms with van der Waals surface area (Å²) in [4.78, 5) is 30.5. The standard InChI is InChI=1S/C24H20N2O2S2/c1-24(2)13-16-10-6-7-11-17(16)19-12-18(21(27)26(19)24)20-22(28)25(23(29)30-20)14-15-8-4-3-5-9-15/h3-12H,13-14H2,1-2H3/b20-18-. The fraction of sp³-hybridized carbons (Fsp3) is 0.208. The summed E-state index contributed by atoms with van der Waals surface area (Å²) in [5, 5.41) is 0. The molecule has 4 nitrogen and oxygen atoms in total. The van der Waals surface area contributed by atoms with E-state index < -0.39 is 0 Å². The maximum absolute atomic E-state index is 13.5. The fourth-order valence-corrected chi connectivity index (χ4v) is 5.67. The molecular formula is C24H20N2O2S2. The lowest BCUT2D eigenvalue weighted by Crippen LogP contribution is -2.48. The summed E-state index contributed by atoms with van der Waals surface area (Å²) in [5.41, 5.74) is 4.23. The van der Waals surface area contributed by atoms with Crippen molar-refractivity contribution in [3.05, 3.63) is 87.8 Å². The van der Waals surface area contributed by atoms with Gasteiger partial charge >= 0.3 is 0 Å². The molecule has 0 aromatic heterocycles. The number of benzene rings is 2. The van der Waals surface area contributed by atoms with Crippen molar-refractivity contribution in [2.24, 2.45) is 0 Å². The minimum absolute atomic E-state index is 0.121. The Morgan fingerprint density at radius 3 is 2.47 bits per heavy atom. The first-order valence-corrected chi connectivity index (χ1v) is 11.1. The van der Waals surface area contributed by atoms with Crippen molar-refractivity contribution in [1.82, 2.24) is 9.80 Å². The fourth-order valence-electron chi connectivity index (χ4n) is 4.39. The lowest BCUT2D eigenvalue weighted by molar-refractivity contribution is -0.128. The van der Waals surface area contributed by atoms with Gasteiger partial charge in [-0.3, -0.25) is 14.5 Å². The number of hydrogen-bond acceptors (Lipinski definition) is 4. The topological polar surface area (TPSA) is 40.6 Å². The molecule has 3 heterocycles. The number of carbonyl (C=O) groups is 2. The van der Waals surface area contributed by atoms with Gasteiger partial charge in [-0.2, -0.15) is 0 Å². The van der Waals surface area contributed by atoms with Crippen LogP contribution < -0.4 is 0 Å². The van der Waals surface area contributed by atoms with Crippen LogP contribution in [0.5, 0.6) is 0 Å². The first kappa shape index (κ1) is 19.3. The van der Waals surface area contributed by atoms with Crippen molar-refractivity contribution in [2.45, 2.75) is 32.4 Å². The number of hydrogen-bond donors (Lipinski definition) is 0. The molecule has 2 aromatic rings. The molecule has 0 radical (unpaired) electrons. The van der Waals surface area contributed by atoms with Crippen LogP contribution in [-0.2, 0) is 22.6 Å². The third kappa shape index (κ3) is 2.94. The lowest BCUT2D eigenvalue weighted by atomic mass is 9.84. The van der Waals surface area contributed by atoms with Gasteiger partial charge < -0.3 is 4.90 Å². The highest BCUT2D eigenvalue weighted by Gasteiger charge is 2.46. The molecular weight excluding hydrogens is 412 g/mol. The number of thiocarbonyl (C=S) groups is 1. The molecule has 2 amide bonds. The number of fused-ring (bicyclic) bond motifs is 3. The van der Waals surface area contributed by atoms with E-state index in [1.54, 1.807) is 4.90 Å². The molecule has 3 aliphatic heterocycles. The van der Waals surface area contributed by atoms with Crippen molar-refractivity contribution in [3.63, 3.8) is 0 Å². The summed E-state index contributed by atoms with van der Waals surface area (Å²) in [7, 11) is 0. The van der Waals surface area contributed by atoms with Crippen molar-refractivity contribution >= 4 is 45.8 Å². The number of carbonyl (C=O) groups excluding carboxylic acids is 2. The normalized spacial score (nSPS) is 22.3. The molecule has 1 saturated heterocycles. The van der Waals surface area contributed by atoms with Crippen molar-refractivity contribution in [1.29, 1.82) is 0 Å². The summed E-state index contributed by atoms with van der Waals surface area (Å²) < 4.78 is 0.488. The number of rotatable bonds is 2. The van der Waals surface area contributed by atoms with Crippen LogP contribution in [0.4, 0.5) is 0 Å². The van der Waals surface area contributed by atoms with Crippen LogP contribution in [0.1, 0.15) is 30.5 Å². The molecule has 0 aliphatic carbocycles. The lowest BCUT2D eigenvalue weighted by Gasteiger charge is -2.42. The Morgan fingerprint density at radius 1 is 1.00 bits per heavy atom. The molecule has 0 bridgehead atoms. The second-order valence-corrected chi connectivity index (χ2v) is 9.95. The second-order valence-electron chi connectivity index (χ2n) is 8.30. The van der Waals surface area contributed by atoms with Gasteiger partial charge in [0, 0.05) is 11.1 Å². The predicted molar refractivity (Wildman–Crippen MR) is 123 cm³/mol. The van der Waals surface area contributed by atoms with Gasteiger partial charge in [0.05, 0.1) is 22.7 Å². The molecule has 3 aliphatic rings. The zero-order valence-corrected chi connectivity index (χ0v) is 18.3. The molecule has 5 rings (SSSR count). The summed E-state index contributed by atoms with van der Waals surface area (Å²) >= 11 is 6.72. The largest absolute Gasteiger partial charge is 0.302 e. The van der Waals surface area contributed by atoms with Crippen LogP contribution in [0.3, 0.4) is 0 Å². The quantitative estimate of drug-likeness (QED) is 0.517. The smallest absolute Gasteiger partial charge is 0.267 e. The minimum atomic E-state index is -0.365. The van der Waals surface area contributed by atoms with E-state index >= 15 is 0 Å². The van der Waals surface area contributed by atoms with E-state index in [2.05, 4.69) is 19.9 Å². The van der Waals surface area contributed by atoms with Gasteiger partial charge in [-0.25, -0.2) is 0 Å². The average Bonchev–Trinajstić information content (AvgIpc) is 3.21. The number of amides is 2. The van der Waals surface area contributed by atoms with Crippen molar-refractivity contribution in [3.8, 4) is 0 Å². The van der Waals surface area contributed by atoms with Gasteiger partial charge in [-0.1, -0.05) is 78.6 Å². The zero-order valence-electron chi connectivity index (χ0n) is 16.7. The maximum atomic E-state index is 13.5. The Labute approximate surface area is 185 Å². The van der Waals surface area contributed by atoms with Gasteiger partial charge in [0.2, 0.25) is 0 Å². The molecule has 0 saturated carbocycles. The van der Waals surface area contributed by atoms with Crippen LogP contribution >= 0.6 is 24.0 Å². The third-order valence-corrected chi connectivity index (χ3v) is 7.22. The molecule has 2 aromatic carbocycles. The van der Waals surface area contributed by atoms with Gasteiger partial charge in [0.15, 0.2) is 0 Å². The predicted octanol–water partition coefficient (Wildman–Crippen LogP) is 4.52. The van der Waals surface area contributed by atoms with Crippen LogP contribution in [-0.4, -0.2) is 31.5 Å². The molecule has 150 valence electrons. The van der Waals surface area contributed by atoms with E-state index in [1.807, 2.05) is 59.5 Å². The van der Waals surface area contributed by atoms with E-state index in [0.29, 0.717) is 21.3 Å². The molecule has 6 heteroatoms. The maximum Gasteiger partial charge on any atom is 0.267 e. The Kier molecular flexibility index (Phi) is 4.45. The third-order valence-electron chi connectivity index (χ3n) is 5.75. The molecule has 30 heavy (non-hydrogen) atoms. The van der Waals surface area contributed by atoms with Gasteiger partial charge in [-0.15, -0.1) is 0 Å². The SMILES string of the molecule is CC1(C)Cc2ccccc2C2=C/C(=C3/SC(=S)N(Cc4ccccc4)C3=O)C(=O)N21.